The maximum absolute atomic E-state index is 11.8. The van der Waals surface area contributed by atoms with Gasteiger partial charge in [0.05, 0.1) is 0 Å². The number of ketones is 1. The van der Waals surface area contributed by atoms with Crippen LogP contribution in [0, 0.1) is 11.3 Å². The van der Waals surface area contributed by atoms with Gasteiger partial charge in [-0.1, -0.05) is 6.92 Å². The minimum atomic E-state index is 0.413. The first-order valence-electron chi connectivity index (χ1n) is 11.2. The van der Waals surface area contributed by atoms with Crippen molar-refractivity contribution in [3.05, 3.63) is 0 Å². The van der Waals surface area contributed by atoms with Gasteiger partial charge in [-0.15, -0.1) is 0 Å². The lowest BCUT2D eigenvalue weighted by molar-refractivity contribution is -0.141. The second-order valence-corrected chi connectivity index (χ2v) is 9.92. The van der Waals surface area contributed by atoms with Crippen LogP contribution in [0.15, 0.2) is 0 Å². The molecule has 2 aliphatic carbocycles. The third-order valence-electron chi connectivity index (χ3n) is 8.11. The second kappa shape index (κ2) is 7.52. The Bertz CT molecular complexity index is 490. The molecule has 4 rings (SSSR count). The number of carbonyl (C=O) groups excluding carboxylic acids is 1. The van der Waals surface area contributed by atoms with Gasteiger partial charge in [-0.05, 0) is 70.9 Å². The van der Waals surface area contributed by atoms with E-state index in [-0.39, 0.29) is 0 Å². The number of piperidine rings is 1. The molecule has 4 heteroatoms. The van der Waals surface area contributed by atoms with E-state index in [1.54, 1.807) is 0 Å². The average molecular weight is 362 g/mol. The van der Waals surface area contributed by atoms with E-state index in [4.69, 9.17) is 0 Å². The zero-order valence-corrected chi connectivity index (χ0v) is 17.3. The molecule has 2 heterocycles. The highest BCUT2D eigenvalue weighted by Crippen LogP contribution is 2.60. The van der Waals surface area contributed by atoms with E-state index in [1.807, 2.05) is 6.92 Å². The molecule has 0 N–H and O–H groups in total. The molecular formula is C22H39N3O. The van der Waals surface area contributed by atoms with Crippen LogP contribution in [0.5, 0.6) is 0 Å². The van der Waals surface area contributed by atoms with Crippen molar-refractivity contribution in [2.45, 2.75) is 83.8 Å². The molecule has 4 nitrogen and oxygen atoms in total. The topological polar surface area (TPSA) is 26.8 Å². The Morgan fingerprint density at radius 1 is 0.885 bits per heavy atom. The molecular weight excluding hydrogens is 322 g/mol. The lowest BCUT2D eigenvalue weighted by Gasteiger charge is -2.60. The molecule has 0 amide bonds. The molecule has 148 valence electrons. The Labute approximate surface area is 160 Å². The third kappa shape index (κ3) is 3.62. The van der Waals surface area contributed by atoms with Crippen LogP contribution < -0.4 is 0 Å². The van der Waals surface area contributed by atoms with Gasteiger partial charge < -0.3 is 4.90 Å². The van der Waals surface area contributed by atoms with Crippen molar-refractivity contribution in [2.75, 3.05) is 39.3 Å². The molecule has 0 aromatic heterocycles. The zero-order valence-electron chi connectivity index (χ0n) is 17.3. The maximum atomic E-state index is 11.8. The molecule has 0 radical (unpaired) electrons. The molecule has 4 aliphatic rings. The van der Waals surface area contributed by atoms with Gasteiger partial charge in [0.1, 0.15) is 5.78 Å². The normalized spacial score (nSPS) is 37.7. The number of hydrogen-bond acceptors (Lipinski definition) is 4. The number of Topliss-reactive ketones (excluding diaryl/α,β-unsaturated/α-hetero) is 1. The van der Waals surface area contributed by atoms with Crippen molar-refractivity contribution in [3.63, 3.8) is 0 Å². The molecule has 1 spiro atoms. The molecule has 2 saturated carbocycles. The SMILES string of the molecule is CCC(=O)C1CC2(C1)CC(N1CCC(N3CCN(C(C)C)CC3)CC1)C2. The molecule has 26 heavy (non-hydrogen) atoms. The lowest BCUT2D eigenvalue weighted by Crippen LogP contribution is -2.60. The molecule has 2 aliphatic heterocycles. The van der Waals surface area contributed by atoms with E-state index >= 15 is 0 Å². The summed E-state index contributed by atoms with van der Waals surface area (Å²) in [7, 11) is 0. The monoisotopic (exact) mass is 361 g/mol. The molecule has 4 fully saturated rings. The van der Waals surface area contributed by atoms with E-state index in [2.05, 4.69) is 28.5 Å². The first-order valence-corrected chi connectivity index (χ1v) is 11.2. The summed E-state index contributed by atoms with van der Waals surface area (Å²) in [5.41, 5.74) is 0.574. The fraction of sp³-hybridized carbons (Fsp3) is 0.955. The van der Waals surface area contributed by atoms with Gasteiger partial charge in [-0.25, -0.2) is 0 Å². The summed E-state index contributed by atoms with van der Waals surface area (Å²) in [6.45, 7) is 14.3. The van der Waals surface area contributed by atoms with Gasteiger partial charge in [-0.2, -0.15) is 0 Å². The van der Waals surface area contributed by atoms with E-state index in [1.165, 1.54) is 77.8 Å². The number of likely N-dealkylation sites (tertiary alicyclic amines) is 1. The third-order valence-corrected chi connectivity index (χ3v) is 8.11. The van der Waals surface area contributed by atoms with Gasteiger partial charge in [0.15, 0.2) is 0 Å². The van der Waals surface area contributed by atoms with Crippen molar-refractivity contribution in [3.8, 4) is 0 Å². The average Bonchev–Trinajstić information content (AvgIpc) is 2.59. The Morgan fingerprint density at radius 2 is 1.46 bits per heavy atom. The van der Waals surface area contributed by atoms with Gasteiger partial charge in [-0.3, -0.25) is 14.6 Å². The lowest BCUT2D eigenvalue weighted by atomic mass is 9.49. The standard InChI is InChI=1S/C22H39N3O/c1-4-21(26)18-13-22(14-18)15-20(16-22)24-7-5-19(6-8-24)25-11-9-23(10-12-25)17(2)3/h17-20H,4-16H2,1-3H3. The summed E-state index contributed by atoms with van der Waals surface area (Å²) < 4.78 is 0. The number of carbonyl (C=O) groups is 1. The van der Waals surface area contributed by atoms with Crippen LogP contribution in [-0.4, -0.2) is 77.9 Å². The fourth-order valence-electron chi connectivity index (χ4n) is 6.27. The maximum Gasteiger partial charge on any atom is 0.135 e. The molecule has 0 aromatic carbocycles. The highest BCUT2D eigenvalue weighted by atomic mass is 16.1. The van der Waals surface area contributed by atoms with Crippen LogP contribution in [0.4, 0.5) is 0 Å². The smallest absolute Gasteiger partial charge is 0.135 e. The van der Waals surface area contributed by atoms with Crippen LogP contribution in [0.2, 0.25) is 0 Å². The van der Waals surface area contributed by atoms with Crippen molar-refractivity contribution in [1.82, 2.24) is 14.7 Å². The Kier molecular flexibility index (Phi) is 5.46. The summed E-state index contributed by atoms with van der Waals surface area (Å²) in [6.07, 6.45) is 8.61. The largest absolute Gasteiger partial charge is 0.300 e. The highest BCUT2D eigenvalue weighted by Gasteiger charge is 2.55. The quantitative estimate of drug-likeness (QED) is 0.752. The summed E-state index contributed by atoms with van der Waals surface area (Å²) in [6, 6.07) is 2.35. The number of nitrogens with zero attached hydrogens (tertiary/aromatic N) is 3. The first kappa shape index (κ1) is 18.9. The van der Waals surface area contributed by atoms with Crippen LogP contribution in [0.3, 0.4) is 0 Å². The van der Waals surface area contributed by atoms with Crippen LogP contribution in [0.25, 0.3) is 0 Å². The molecule has 0 aromatic rings. The highest BCUT2D eigenvalue weighted by molar-refractivity contribution is 5.81. The van der Waals surface area contributed by atoms with Crippen molar-refractivity contribution in [2.24, 2.45) is 11.3 Å². The molecule has 2 saturated heterocycles. The summed E-state index contributed by atoms with van der Waals surface area (Å²) in [5.74, 6) is 0.925. The van der Waals surface area contributed by atoms with E-state index in [9.17, 15) is 4.79 Å². The number of rotatable bonds is 5. The van der Waals surface area contributed by atoms with E-state index in [0.717, 1.165) is 18.5 Å². The first-order chi connectivity index (χ1) is 12.5. The zero-order chi connectivity index (χ0) is 18.3. The van der Waals surface area contributed by atoms with Crippen LogP contribution in [-0.2, 0) is 4.79 Å². The minimum Gasteiger partial charge on any atom is -0.300 e. The van der Waals surface area contributed by atoms with E-state index in [0.29, 0.717) is 23.2 Å². The Balaban J connectivity index is 1.16. The van der Waals surface area contributed by atoms with E-state index < -0.39 is 0 Å². The molecule has 0 unspecified atom stereocenters. The van der Waals surface area contributed by atoms with Crippen LogP contribution in [0.1, 0.15) is 65.7 Å². The Morgan fingerprint density at radius 3 is 2.00 bits per heavy atom. The number of hydrogen-bond donors (Lipinski definition) is 0. The summed E-state index contributed by atoms with van der Waals surface area (Å²) in [4.78, 5) is 20.0. The van der Waals surface area contributed by atoms with Crippen molar-refractivity contribution < 1.29 is 4.79 Å². The fourth-order valence-corrected chi connectivity index (χ4v) is 6.27. The van der Waals surface area contributed by atoms with Crippen LogP contribution >= 0.6 is 0 Å². The molecule has 0 atom stereocenters. The van der Waals surface area contributed by atoms with Gasteiger partial charge >= 0.3 is 0 Å². The predicted octanol–water partition coefficient (Wildman–Crippen LogP) is 3.01. The van der Waals surface area contributed by atoms with Crippen molar-refractivity contribution >= 4 is 5.78 Å². The second-order valence-electron chi connectivity index (χ2n) is 9.92. The summed E-state index contributed by atoms with van der Waals surface area (Å²) >= 11 is 0. The summed E-state index contributed by atoms with van der Waals surface area (Å²) in [5, 5.41) is 0. The number of piperazine rings is 1. The minimum absolute atomic E-state index is 0.413. The molecule has 0 bridgehead atoms. The predicted molar refractivity (Wildman–Crippen MR) is 106 cm³/mol. The van der Waals surface area contributed by atoms with Gasteiger partial charge in [0.2, 0.25) is 0 Å². The van der Waals surface area contributed by atoms with Crippen molar-refractivity contribution in [1.29, 1.82) is 0 Å². The van der Waals surface area contributed by atoms with Gasteiger partial charge in [0, 0.05) is 56.6 Å². The Hall–Kier alpha value is -0.450. The van der Waals surface area contributed by atoms with Gasteiger partial charge in [0.25, 0.3) is 0 Å².